The van der Waals surface area contributed by atoms with Gasteiger partial charge in [0.15, 0.2) is 0 Å². The largest absolute Gasteiger partial charge is 0.494 e. The lowest BCUT2D eigenvalue weighted by Crippen LogP contribution is -2.10. The Morgan fingerprint density at radius 2 is 0.629 bits per heavy atom. The molecule has 0 aliphatic carbocycles. The van der Waals surface area contributed by atoms with Gasteiger partial charge in [-0.3, -0.25) is 0 Å². The first-order valence-electron chi connectivity index (χ1n) is 26.1. The average Bonchev–Trinajstić information content (AvgIpc) is 3.38. The molecule has 0 amide bonds. The predicted molar refractivity (Wildman–Crippen MR) is 280 cm³/mol. The van der Waals surface area contributed by atoms with Gasteiger partial charge in [-0.25, -0.2) is 19.2 Å². The van der Waals surface area contributed by atoms with Gasteiger partial charge in [-0.2, -0.15) is 0 Å². The monoisotopic (exact) mass is 959 g/mol. The van der Waals surface area contributed by atoms with Crippen molar-refractivity contribution in [3.8, 4) is 23.0 Å². The maximum atomic E-state index is 12.6. The van der Waals surface area contributed by atoms with E-state index in [0.717, 1.165) is 35.5 Å². The van der Waals surface area contributed by atoms with E-state index in [2.05, 4.69) is 13.8 Å². The van der Waals surface area contributed by atoms with Gasteiger partial charge in [-0.15, -0.1) is 0 Å². The summed E-state index contributed by atoms with van der Waals surface area (Å²) < 4.78 is 33.3. The van der Waals surface area contributed by atoms with E-state index in [1.165, 1.54) is 176 Å². The smallest absolute Gasteiger partial charge is 0.338 e. The maximum absolute atomic E-state index is 12.6. The van der Waals surface area contributed by atoms with Crippen molar-refractivity contribution in [2.75, 3.05) is 26.4 Å². The molecule has 70 heavy (non-hydrogen) atoms. The zero-order valence-corrected chi connectivity index (χ0v) is 42.0. The molecule has 4 rings (SSSR count). The van der Waals surface area contributed by atoms with Crippen LogP contribution in [0.25, 0.3) is 12.2 Å². The van der Waals surface area contributed by atoms with Crippen LogP contribution in [0.2, 0.25) is 0 Å². The average molecular weight is 959 g/mol. The molecule has 10 heteroatoms. The summed E-state index contributed by atoms with van der Waals surface area (Å²) in [5.41, 5.74) is 2.31. The zero-order valence-electron chi connectivity index (χ0n) is 42.0. The summed E-state index contributed by atoms with van der Waals surface area (Å²) in [6.07, 6.45) is 32.7. The second-order valence-electron chi connectivity index (χ2n) is 17.7. The van der Waals surface area contributed by atoms with Crippen LogP contribution in [0, 0.1) is 0 Å². The summed E-state index contributed by atoms with van der Waals surface area (Å²) in [5, 5.41) is 0. The molecule has 0 bridgehead atoms. The summed E-state index contributed by atoms with van der Waals surface area (Å²) in [7, 11) is 0. The van der Waals surface area contributed by atoms with Gasteiger partial charge >= 0.3 is 23.9 Å². The van der Waals surface area contributed by atoms with Crippen LogP contribution in [0.3, 0.4) is 0 Å². The summed E-state index contributed by atoms with van der Waals surface area (Å²) in [5.74, 6) is 0.0792. The molecule has 4 aromatic rings. The fourth-order valence-electron chi connectivity index (χ4n) is 7.56. The topological polar surface area (TPSA) is 124 Å². The molecule has 0 atom stereocenters. The molecule has 0 radical (unpaired) electrons. The summed E-state index contributed by atoms with van der Waals surface area (Å²) in [4.78, 5) is 50.0. The second kappa shape index (κ2) is 35.9. The Hall–Kier alpha value is -6.16. The van der Waals surface area contributed by atoms with Crippen LogP contribution in [0.15, 0.2) is 109 Å². The minimum atomic E-state index is -0.544. The van der Waals surface area contributed by atoms with E-state index in [4.69, 9.17) is 28.4 Å². The molecule has 4 aromatic carbocycles. The van der Waals surface area contributed by atoms with Gasteiger partial charge in [0, 0.05) is 12.2 Å². The van der Waals surface area contributed by atoms with E-state index in [-0.39, 0.29) is 13.2 Å². The van der Waals surface area contributed by atoms with E-state index >= 15 is 0 Å². The standard InChI is InChI=1S/C60H78O10/c1-3-5-7-9-11-13-15-17-19-21-45-65-53-35-25-49(26-36-53)29-43-57(61)69-55-39-31-51(32-40-55)59(63)67-47-23-24-48-68-60(64)52-33-41-56(42-34-52)70-58(62)44-30-50-27-37-54(38-28-50)66-46-22-20-18-16-14-12-10-8-6-4-2/h25-44H,3-24,45-48H2,1-2H3/b43-29+,44-30+. The number of benzene rings is 4. The molecule has 0 saturated heterocycles. The Morgan fingerprint density at radius 1 is 0.343 bits per heavy atom. The van der Waals surface area contributed by atoms with Crippen LogP contribution < -0.4 is 18.9 Å². The van der Waals surface area contributed by atoms with Gasteiger partial charge in [-0.1, -0.05) is 154 Å². The van der Waals surface area contributed by atoms with E-state index in [1.54, 1.807) is 12.2 Å². The van der Waals surface area contributed by atoms with Crippen LogP contribution >= 0.6 is 0 Å². The maximum Gasteiger partial charge on any atom is 0.338 e. The first-order chi connectivity index (χ1) is 34.3. The van der Waals surface area contributed by atoms with Crippen LogP contribution in [0.1, 0.15) is 187 Å². The Balaban J connectivity index is 1.01. The van der Waals surface area contributed by atoms with E-state index in [0.29, 0.717) is 48.7 Å². The first-order valence-corrected chi connectivity index (χ1v) is 26.1. The molecule has 0 spiro atoms. The lowest BCUT2D eigenvalue weighted by molar-refractivity contribution is -0.129. The summed E-state index contributed by atoms with van der Waals surface area (Å²) >= 11 is 0. The lowest BCUT2D eigenvalue weighted by Gasteiger charge is -2.08. The normalized spacial score (nSPS) is 11.2. The zero-order chi connectivity index (χ0) is 49.7. The fraction of sp³-hybridized carbons (Fsp3) is 0.467. The summed E-state index contributed by atoms with van der Waals surface area (Å²) in [6.45, 7) is 6.17. The van der Waals surface area contributed by atoms with Crippen LogP contribution in [0.4, 0.5) is 0 Å². The van der Waals surface area contributed by atoms with Crippen molar-refractivity contribution in [1.82, 2.24) is 0 Å². The Morgan fingerprint density at radius 3 is 0.957 bits per heavy atom. The molecule has 378 valence electrons. The highest BCUT2D eigenvalue weighted by Gasteiger charge is 2.11. The molecular formula is C60H78O10. The molecule has 0 aromatic heterocycles. The number of rotatable bonds is 37. The van der Waals surface area contributed by atoms with Gasteiger partial charge < -0.3 is 28.4 Å². The van der Waals surface area contributed by atoms with E-state index in [9.17, 15) is 19.2 Å². The molecule has 0 saturated carbocycles. The first kappa shape index (κ1) is 56.4. The molecule has 0 unspecified atom stereocenters. The summed E-state index contributed by atoms with van der Waals surface area (Å²) in [6, 6.07) is 27.4. The Kier molecular flexibility index (Phi) is 28.9. The SMILES string of the molecule is CCCCCCCCCCCCOc1ccc(/C=C/C(=O)Oc2ccc(C(=O)OCCCCOC(=O)c3ccc(OC(=O)/C=C/c4ccc(OCCCCCCCCCCCC)cc4)cc3)cc2)cc1. The van der Waals surface area contributed by atoms with Gasteiger partial charge in [-0.05, 0) is 122 Å². The molecule has 0 aliphatic rings. The molecule has 0 N–H and O–H groups in total. The van der Waals surface area contributed by atoms with Crippen molar-refractivity contribution < 1.29 is 47.6 Å². The van der Waals surface area contributed by atoms with Gasteiger partial charge in [0.1, 0.15) is 23.0 Å². The predicted octanol–water partition coefficient (Wildman–Crippen LogP) is 15.3. The van der Waals surface area contributed by atoms with E-state index < -0.39 is 23.9 Å². The van der Waals surface area contributed by atoms with Gasteiger partial charge in [0.05, 0.1) is 37.6 Å². The van der Waals surface area contributed by atoms with Crippen molar-refractivity contribution in [2.45, 2.75) is 155 Å². The highest BCUT2D eigenvalue weighted by Crippen LogP contribution is 2.19. The number of hydrogen-bond donors (Lipinski definition) is 0. The van der Waals surface area contributed by atoms with Crippen LogP contribution in [-0.4, -0.2) is 50.3 Å². The van der Waals surface area contributed by atoms with Crippen molar-refractivity contribution in [2.24, 2.45) is 0 Å². The fourth-order valence-corrected chi connectivity index (χ4v) is 7.56. The third-order valence-electron chi connectivity index (χ3n) is 11.7. The van der Waals surface area contributed by atoms with Crippen molar-refractivity contribution in [3.05, 3.63) is 131 Å². The quantitative estimate of drug-likeness (QED) is 0.0187. The molecule has 0 heterocycles. The highest BCUT2D eigenvalue weighted by molar-refractivity contribution is 5.91. The second-order valence-corrected chi connectivity index (χ2v) is 17.7. The van der Waals surface area contributed by atoms with Crippen molar-refractivity contribution in [3.63, 3.8) is 0 Å². The minimum absolute atomic E-state index is 0.137. The molecular weight excluding hydrogens is 881 g/mol. The number of unbranched alkanes of at least 4 members (excludes halogenated alkanes) is 19. The number of carbonyl (C=O) groups is 4. The minimum Gasteiger partial charge on any atom is -0.494 e. The highest BCUT2D eigenvalue weighted by atomic mass is 16.5. The third kappa shape index (κ3) is 25.4. The lowest BCUT2D eigenvalue weighted by atomic mass is 10.1. The number of ether oxygens (including phenoxy) is 6. The third-order valence-corrected chi connectivity index (χ3v) is 11.7. The van der Waals surface area contributed by atoms with Crippen LogP contribution in [0.5, 0.6) is 23.0 Å². The number of carbonyl (C=O) groups excluding carboxylic acids is 4. The van der Waals surface area contributed by atoms with Gasteiger partial charge in [0.2, 0.25) is 0 Å². The number of esters is 4. The molecule has 10 nitrogen and oxygen atoms in total. The Labute approximate surface area is 418 Å². The van der Waals surface area contributed by atoms with Crippen molar-refractivity contribution >= 4 is 36.0 Å². The molecule has 0 fully saturated rings. The van der Waals surface area contributed by atoms with Gasteiger partial charge in [0.25, 0.3) is 0 Å². The molecule has 0 aliphatic heterocycles. The van der Waals surface area contributed by atoms with E-state index in [1.807, 2.05) is 48.5 Å². The number of hydrogen-bond acceptors (Lipinski definition) is 10. The Bertz CT molecular complexity index is 1950. The van der Waals surface area contributed by atoms with Crippen molar-refractivity contribution in [1.29, 1.82) is 0 Å². The van der Waals surface area contributed by atoms with Crippen LogP contribution in [-0.2, 0) is 19.1 Å².